The lowest BCUT2D eigenvalue weighted by atomic mass is 10.0. The summed E-state index contributed by atoms with van der Waals surface area (Å²) in [6.07, 6.45) is -2.54. The Morgan fingerprint density at radius 3 is 2.69 bits per heavy atom. The van der Waals surface area contributed by atoms with Crippen molar-refractivity contribution in [1.29, 1.82) is 0 Å². The summed E-state index contributed by atoms with van der Waals surface area (Å²) in [7, 11) is -4.20. The van der Waals surface area contributed by atoms with Crippen molar-refractivity contribution in [2.75, 3.05) is 32.7 Å². The molecule has 1 unspecified atom stereocenters. The summed E-state index contributed by atoms with van der Waals surface area (Å²) in [6.45, 7) is 5.16. The summed E-state index contributed by atoms with van der Waals surface area (Å²) in [4.78, 5) is 13.6. The highest BCUT2D eigenvalue weighted by Gasteiger charge is 2.34. The molecule has 1 aliphatic rings. The Labute approximate surface area is 173 Å². The van der Waals surface area contributed by atoms with E-state index < -0.39 is 31.7 Å². The zero-order chi connectivity index (χ0) is 21.7. The number of carbonyl (C=O) groups is 1. The number of benzene rings is 1. The summed E-state index contributed by atoms with van der Waals surface area (Å²) in [5, 5.41) is 2.14. The van der Waals surface area contributed by atoms with Crippen LogP contribution in [0.25, 0.3) is 0 Å². The Kier molecular flexibility index (Phi) is 8.33. The molecule has 1 saturated heterocycles. The van der Waals surface area contributed by atoms with E-state index in [0.29, 0.717) is 18.5 Å². The number of alkyl halides is 3. The highest BCUT2D eigenvalue weighted by Crippen LogP contribution is 2.35. The van der Waals surface area contributed by atoms with Gasteiger partial charge >= 0.3 is 6.18 Å². The number of sulfonamides is 1. The van der Waals surface area contributed by atoms with Crippen molar-refractivity contribution in [3.05, 3.63) is 28.8 Å². The maximum absolute atomic E-state index is 12.9. The Morgan fingerprint density at radius 2 is 2.03 bits per heavy atom. The van der Waals surface area contributed by atoms with Gasteiger partial charge in [-0.15, -0.1) is 0 Å². The second-order valence-electron chi connectivity index (χ2n) is 7.19. The van der Waals surface area contributed by atoms with Gasteiger partial charge < -0.3 is 10.2 Å². The molecule has 1 aliphatic heterocycles. The van der Waals surface area contributed by atoms with Gasteiger partial charge in [-0.3, -0.25) is 4.79 Å². The normalized spacial score (nSPS) is 18.6. The van der Waals surface area contributed by atoms with E-state index in [1.54, 1.807) is 0 Å². The predicted molar refractivity (Wildman–Crippen MR) is 104 cm³/mol. The number of hydrogen-bond acceptors (Lipinski definition) is 4. The SMILES string of the molecule is CC1CCCN(CCNC(=O)CCNS(=O)(=O)c2ccc(Cl)c(C(F)(F)F)c2)C1. The van der Waals surface area contributed by atoms with Crippen LogP contribution in [0.4, 0.5) is 13.2 Å². The lowest BCUT2D eigenvalue weighted by molar-refractivity contribution is -0.137. The number of hydrogen-bond donors (Lipinski definition) is 2. The van der Waals surface area contributed by atoms with E-state index in [0.717, 1.165) is 38.2 Å². The monoisotopic (exact) mass is 455 g/mol. The zero-order valence-corrected chi connectivity index (χ0v) is 17.6. The third kappa shape index (κ3) is 7.44. The third-order valence-corrected chi connectivity index (χ3v) is 6.48. The lowest BCUT2D eigenvalue weighted by Crippen LogP contribution is -2.40. The smallest absolute Gasteiger partial charge is 0.355 e. The van der Waals surface area contributed by atoms with Crippen LogP contribution in [0.1, 0.15) is 31.7 Å². The molecule has 0 radical (unpaired) electrons. The molecule has 0 saturated carbocycles. The Balaban J connectivity index is 1.79. The summed E-state index contributed by atoms with van der Waals surface area (Å²) < 4.78 is 65.2. The molecule has 1 aromatic rings. The topological polar surface area (TPSA) is 78.5 Å². The van der Waals surface area contributed by atoms with Crippen molar-refractivity contribution in [2.24, 2.45) is 5.92 Å². The van der Waals surface area contributed by atoms with Crippen LogP contribution in [-0.2, 0) is 21.0 Å². The van der Waals surface area contributed by atoms with E-state index in [4.69, 9.17) is 11.6 Å². The first-order chi connectivity index (χ1) is 13.5. The third-order valence-electron chi connectivity index (χ3n) is 4.69. The van der Waals surface area contributed by atoms with Crippen molar-refractivity contribution in [3.8, 4) is 0 Å². The summed E-state index contributed by atoms with van der Waals surface area (Å²) in [6, 6.07) is 2.34. The second-order valence-corrected chi connectivity index (χ2v) is 9.36. The van der Waals surface area contributed by atoms with Crippen molar-refractivity contribution < 1.29 is 26.4 Å². The van der Waals surface area contributed by atoms with Crippen molar-refractivity contribution in [2.45, 2.75) is 37.3 Å². The number of piperidine rings is 1. The van der Waals surface area contributed by atoms with Crippen LogP contribution in [0.5, 0.6) is 0 Å². The molecule has 164 valence electrons. The van der Waals surface area contributed by atoms with Crippen molar-refractivity contribution >= 4 is 27.5 Å². The molecule has 1 atom stereocenters. The van der Waals surface area contributed by atoms with Gasteiger partial charge in [0.2, 0.25) is 15.9 Å². The standard InChI is InChI=1S/C18H25ClF3N3O3S/c1-13-3-2-9-25(12-13)10-8-23-17(26)6-7-24-29(27,28)14-4-5-16(19)15(11-14)18(20,21)22/h4-5,11,13,24H,2-3,6-10,12H2,1H3,(H,23,26). The minimum absolute atomic E-state index is 0.116. The number of halogens is 4. The van der Waals surface area contributed by atoms with E-state index >= 15 is 0 Å². The number of rotatable bonds is 8. The van der Waals surface area contributed by atoms with Gasteiger partial charge in [-0.25, -0.2) is 13.1 Å². The largest absolute Gasteiger partial charge is 0.417 e. The van der Waals surface area contributed by atoms with Crippen LogP contribution >= 0.6 is 11.6 Å². The van der Waals surface area contributed by atoms with Crippen LogP contribution in [0.3, 0.4) is 0 Å². The first-order valence-corrected chi connectivity index (χ1v) is 11.2. The number of nitrogens with one attached hydrogen (secondary N) is 2. The fourth-order valence-electron chi connectivity index (χ4n) is 3.20. The minimum Gasteiger partial charge on any atom is -0.355 e. The molecule has 29 heavy (non-hydrogen) atoms. The van der Waals surface area contributed by atoms with Crippen LogP contribution in [-0.4, -0.2) is 51.9 Å². The Hall–Kier alpha value is -1.36. The maximum atomic E-state index is 12.9. The second kappa shape index (κ2) is 10.1. The van der Waals surface area contributed by atoms with Crippen molar-refractivity contribution in [1.82, 2.24) is 14.9 Å². The van der Waals surface area contributed by atoms with Gasteiger partial charge in [-0.05, 0) is 43.5 Å². The van der Waals surface area contributed by atoms with E-state index in [1.165, 1.54) is 6.42 Å². The molecule has 0 aliphatic carbocycles. The van der Waals surface area contributed by atoms with Gasteiger partial charge in [0.15, 0.2) is 0 Å². The molecule has 11 heteroatoms. The number of likely N-dealkylation sites (tertiary alicyclic amines) is 1. The summed E-state index contributed by atoms with van der Waals surface area (Å²) >= 11 is 5.50. The minimum atomic E-state index is -4.77. The van der Waals surface area contributed by atoms with E-state index in [9.17, 15) is 26.4 Å². The summed E-state index contributed by atoms with van der Waals surface area (Å²) in [5.74, 6) is 0.310. The van der Waals surface area contributed by atoms with E-state index in [1.807, 2.05) is 0 Å². The fourth-order valence-corrected chi connectivity index (χ4v) is 4.48. The average Bonchev–Trinajstić information content (AvgIpc) is 2.61. The number of nitrogens with zero attached hydrogens (tertiary/aromatic N) is 1. The quantitative estimate of drug-likeness (QED) is 0.631. The van der Waals surface area contributed by atoms with Crippen molar-refractivity contribution in [3.63, 3.8) is 0 Å². The Bertz CT molecular complexity index is 818. The van der Waals surface area contributed by atoms with Gasteiger partial charge in [0.1, 0.15) is 0 Å². The molecule has 2 N–H and O–H groups in total. The zero-order valence-electron chi connectivity index (χ0n) is 16.1. The molecule has 6 nitrogen and oxygen atoms in total. The van der Waals surface area contributed by atoms with Gasteiger partial charge in [0, 0.05) is 32.6 Å². The average molecular weight is 456 g/mol. The maximum Gasteiger partial charge on any atom is 0.417 e. The summed E-state index contributed by atoms with van der Waals surface area (Å²) in [5.41, 5.74) is -1.23. The van der Waals surface area contributed by atoms with Gasteiger partial charge in [-0.2, -0.15) is 13.2 Å². The molecule has 0 aromatic heterocycles. The first-order valence-electron chi connectivity index (χ1n) is 9.34. The number of amides is 1. The highest BCUT2D eigenvalue weighted by atomic mass is 35.5. The predicted octanol–water partition coefficient (Wildman–Crippen LogP) is 2.88. The Morgan fingerprint density at radius 1 is 1.31 bits per heavy atom. The van der Waals surface area contributed by atoms with Gasteiger partial charge in [0.25, 0.3) is 0 Å². The van der Waals surface area contributed by atoms with E-state index in [2.05, 4.69) is 21.9 Å². The number of carbonyl (C=O) groups excluding carboxylic acids is 1. The highest BCUT2D eigenvalue weighted by molar-refractivity contribution is 7.89. The van der Waals surface area contributed by atoms with Crippen LogP contribution in [0, 0.1) is 5.92 Å². The fraction of sp³-hybridized carbons (Fsp3) is 0.611. The molecular formula is C18H25ClF3N3O3S. The van der Waals surface area contributed by atoms with Gasteiger partial charge in [0.05, 0.1) is 15.5 Å². The molecule has 1 heterocycles. The molecule has 1 amide bonds. The van der Waals surface area contributed by atoms with E-state index in [-0.39, 0.29) is 18.9 Å². The molecule has 1 aromatic carbocycles. The molecule has 0 bridgehead atoms. The molecular weight excluding hydrogens is 431 g/mol. The first kappa shape index (κ1) is 23.9. The van der Waals surface area contributed by atoms with Gasteiger partial charge in [-0.1, -0.05) is 18.5 Å². The van der Waals surface area contributed by atoms with Crippen LogP contribution < -0.4 is 10.0 Å². The molecule has 0 spiro atoms. The molecule has 1 fully saturated rings. The molecule has 2 rings (SSSR count). The van der Waals surface area contributed by atoms with Crippen LogP contribution in [0.15, 0.2) is 23.1 Å². The van der Waals surface area contributed by atoms with Crippen LogP contribution in [0.2, 0.25) is 5.02 Å². The lowest BCUT2D eigenvalue weighted by Gasteiger charge is -2.30.